The number of likely N-dealkylation sites (tertiary alicyclic amines) is 1. The van der Waals surface area contributed by atoms with Crippen molar-refractivity contribution in [2.24, 2.45) is 17.4 Å². The Kier molecular flexibility index (Phi) is 15.9. The van der Waals surface area contributed by atoms with Crippen LogP contribution in [0.2, 0.25) is 0 Å². The Labute approximate surface area is 284 Å². The zero-order valence-corrected chi connectivity index (χ0v) is 28.4. The van der Waals surface area contributed by atoms with Crippen molar-refractivity contribution in [2.45, 2.75) is 95.8 Å². The minimum Gasteiger partial charge on any atom is -0.370 e. The highest BCUT2D eigenvalue weighted by Crippen LogP contribution is 2.14. The summed E-state index contributed by atoms with van der Waals surface area (Å²) in [6.07, 6.45) is 5.61. The third kappa shape index (κ3) is 13.3. The van der Waals surface area contributed by atoms with Gasteiger partial charge in [0, 0.05) is 26.1 Å². The molecular weight excluding hydrogens is 608 g/mol. The smallest absolute Gasteiger partial charge is 0.245 e. The van der Waals surface area contributed by atoms with Crippen molar-refractivity contribution >= 4 is 29.6 Å². The lowest BCUT2D eigenvalue weighted by atomic mass is 9.99. The molecule has 1 heterocycles. The molecule has 1 fully saturated rings. The molecule has 0 bridgehead atoms. The number of rotatable bonds is 17. The lowest BCUT2D eigenvalue weighted by Crippen LogP contribution is -2.58. The molecule has 12 heteroatoms. The number of guanidine groups is 1. The van der Waals surface area contributed by atoms with Crippen molar-refractivity contribution in [1.29, 1.82) is 5.41 Å². The molecule has 262 valence electrons. The predicted octanol–water partition coefficient (Wildman–Crippen LogP) is 1.97. The molecular formula is C36H54N8O4. The van der Waals surface area contributed by atoms with Gasteiger partial charge >= 0.3 is 0 Å². The van der Waals surface area contributed by atoms with Crippen molar-refractivity contribution in [3.05, 3.63) is 71.8 Å². The maximum atomic E-state index is 13.9. The largest absolute Gasteiger partial charge is 0.370 e. The van der Waals surface area contributed by atoms with Crippen LogP contribution >= 0.6 is 0 Å². The first kappa shape index (κ1) is 38.0. The van der Waals surface area contributed by atoms with Crippen molar-refractivity contribution in [2.75, 3.05) is 19.6 Å². The van der Waals surface area contributed by atoms with Crippen molar-refractivity contribution < 1.29 is 19.2 Å². The standard InChI is InChI=1S/C36H54N8O4/c1-25(2)22-30(33(46)41-29(18-13-19-40-36(38)39)35(48)44-20-11-3-4-12-21-44)43-34(47)31(24-27-16-9-6-10-17-27)42-32(45)28(37)23-26-14-7-5-8-15-26/h5-10,14-17,25,28-31H,3-4,11-13,18-24,37H2,1-2H3,(H,41,46)(H,42,45)(H,43,47)(H4,38,39,40)/t28-,29-,30-,31-/m1/s1. The molecule has 1 saturated heterocycles. The number of benzene rings is 2. The van der Waals surface area contributed by atoms with Crippen molar-refractivity contribution in [1.82, 2.24) is 26.2 Å². The fourth-order valence-electron chi connectivity index (χ4n) is 5.84. The second kappa shape index (κ2) is 20.0. The van der Waals surface area contributed by atoms with Crippen LogP contribution in [0.15, 0.2) is 60.7 Å². The van der Waals surface area contributed by atoms with E-state index in [1.54, 1.807) is 0 Å². The fraction of sp³-hybridized carbons (Fsp3) is 0.528. The van der Waals surface area contributed by atoms with E-state index >= 15 is 0 Å². The van der Waals surface area contributed by atoms with Gasteiger partial charge in [0.15, 0.2) is 5.96 Å². The van der Waals surface area contributed by atoms with Crippen LogP contribution < -0.4 is 32.7 Å². The van der Waals surface area contributed by atoms with Crippen LogP contribution in [0.25, 0.3) is 0 Å². The molecule has 0 aliphatic carbocycles. The molecule has 2 aromatic carbocycles. The molecule has 3 rings (SSSR count). The quantitative estimate of drug-likeness (QED) is 0.0764. The van der Waals surface area contributed by atoms with E-state index < -0.39 is 41.9 Å². The zero-order valence-electron chi connectivity index (χ0n) is 28.4. The second-order valence-corrected chi connectivity index (χ2v) is 13.0. The summed E-state index contributed by atoms with van der Waals surface area (Å²) in [5.41, 5.74) is 13.4. The molecule has 4 atom stereocenters. The molecule has 0 unspecified atom stereocenters. The monoisotopic (exact) mass is 662 g/mol. The molecule has 1 aliphatic heterocycles. The Morgan fingerprint density at radius 3 is 1.83 bits per heavy atom. The molecule has 0 radical (unpaired) electrons. The first-order valence-corrected chi connectivity index (χ1v) is 17.1. The van der Waals surface area contributed by atoms with E-state index in [0.29, 0.717) is 45.3 Å². The number of hydrogen-bond donors (Lipinski definition) is 7. The minimum atomic E-state index is -0.989. The minimum absolute atomic E-state index is 0.0436. The first-order valence-electron chi connectivity index (χ1n) is 17.1. The van der Waals surface area contributed by atoms with Crippen LogP contribution in [-0.2, 0) is 32.0 Å². The highest BCUT2D eigenvalue weighted by atomic mass is 16.2. The summed E-state index contributed by atoms with van der Waals surface area (Å²) in [6.45, 7) is 5.55. The van der Waals surface area contributed by atoms with Gasteiger partial charge in [-0.25, -0.2) is 0 Å². The van der Waals surface area contributed by atoms with Gasteiger partial charge in [-0.05, 0) is 55.6 Å². The zero-order chi connectivity index (χ0) is 34.9. The average Bonchev–Trinajstić information content (AvgIpc) is 3.35. The number of carbonyl (C=O) groups is 4. The van der Waals surface area contributed by atoms with E-state index in [1.165, 1.54) is 0 Å². The van der Waals surface area contributed by atoms with Crippen LogP contribution in [0, 0.1) is 11.3 Å². The number of carbonyl (C=O) groups excluding carboxylic acids is 4. The van der Waals surface area contributed by atoms with Crippen molar-refractivity contribution in [3.63, 3.8) is 0 Å². The van der Waals surface area contributed by atoms with Crippen LogP contribution in [-0.4, -0.2) is 78.3 Å². The highest BCUT2D eigenvalue weighted by molar-refractivity contribution is 5.95. The number of hydrogen-bond acceptors (Lipinski definition) is 6. The van der Waals surface area contributed by atoms with Crippen LogP contribution in [0.4, 0.5) is 0 Å². The fourth-order valence-corrected chi connectivity index (χ4v) is 5.84. The number of amides is 4. The summed E-state index contributed by atoms with van der Waals surface area (Å²) in [4.78, 5) is 56.5. The Morgan fingerprint density at radius 2 is 1.27 bits per heavy atom. The lowest BCUT2D eigenvalue weighted by Gasteiger charge is -2.29. The van der Waals surface area contributed by atoms with Gasteiger partial charge in [0.25, 0.3) is 0 Å². The molecule has 12 nitrogen and oxygen atoms in total. The number of nitrogens with two attached hydrogens (primary N) is 2. The van der Waals surface area contributed by atoms with Gasteiger partial charge < -0.3 is 37.6 Å². The van der Waals surface area contributed by atoms with Crippen molar-refractivity contribution in [3.8, 4) is 0 Å². The summed E-state index contributed by atoms with van der Waals surface area (Å²) in [6, 6.07) is 15.1. The second-order valence-electron chi connectivity index (χ2n) is 13.0. The van der Waals surface area contributed by atoms with Crippen LogP contribution in [0.5, 0.6) is 0 Å². The lowest BCUT2D eigenvalue weighted by molar-refractivity contribution is -0.138. The average molecular weight is 663 g/mol. The Bertz CT molecular complexity index is 1320. The highest BCUT2D eigenvalue weighted by Gasteiger charge is 2.32. The molecule has 2 aromatic rings. The molecule has 0 saturated carbocycles. The summed E-state index contributed by atoms with van der Waals surface area (Å²) in [7, 11) is 0. The summed E-state index contributed by atoms with van der Waals surface area (Å²) in [5, 5.41) is 18.8. The first-order chi connectivity index (χ1) is 23.0. The predicted molar refractivity (Wildman–Crippen MR) is 188 cm³/mol. The van der Waals surface area contributed by atoms with E-state index in [2.05, 4.69) is 21.3 Å². The van der Waals surface area contributed by atoms with E-state index in [9.17, 15) is 19.2 Å². The van der Waals surface area contributed by atoms with Crippen LogP contribution in [0.3, 0.4) is 0 Å². The van der Waals surface area contributed by atoms with Gasteiger partial charge in [0.2, 0.25) is 23.6 Å². The summed E-state index contributed by atoms with van der Waals surface area (Å²) < 4.78 is 0. The van der Waals surface area contributed by atoms with Gasteiger partial charge in [0.1, 0.15) is 18.1 Å². The number of nitrogens with one attached hydrogen (secondary N) is 5. The van der Waals surface area contributed by atoms with E-state index in [4.69, 9.17) is 16.9 Å². The van der Waals surface area contributed by atoms with Gasteiger partial charge in [-0.15, -0.1) is 0 Å². The molecule has 0 aromatic heterocycles. The number of nitrogens with zero attached hydrogens (tertiary/aromatic N) is 1. The summed E-state index contributed by atoms with van der Waals surface area (Å²) in [5.74, 6) is -1.71. The van der Waals surface area contributed by atoms with Gasteiger partial charge in [-0.3, -0.25) is 24.6 Å². The molecule has 9 N–H and O–H groups in total. The maximum Gasteiger partial charge on any atom is 0.245 e. The van der Waals surface area contributed by atoms with E-state index in [1.807, 2.05) is 79.4 Å². The van der Waals surface area contributed by atoms with Gasteiger partial charge in [-0.2, -0.15) is 0 Å². The molecule has 1 aliphatic rings. The molecule has 0 spiro atoms. The normalized spacial score (nSPS) is 15.7. The third-order valence-electron chi connectivity index (χ3n) is 8.41. The van der Waals surface area contributed by atoms with E-state index in [0.717, 1.165) is 36.8 Å². The molecule has 4 amide bonds. The summed E-state index contributed by atoms with van der Waals surface area (Å²) >= 11 is 0. The third-order valence-corrected chi connectivity index (χ3v) is 8.41. The Balaban J connectivity index is 1.77. The Hall–Kier alpha value is -4.45. The Morgan fingerprint density at radius 1 is 0.750 bits per heavy atom. The van der Waals surface area contributed by atoms with Gasteiger partial charge in [0.05, 0.1) is 6.04 Å². The van der Waals surface area contributed by atoms with Gasteiger partial charge in [-0.1, -0.05) is 87.4 Å². The maximum absolute atomic E-state index is 13.9. The SMILES string of the molecule is CC(C)C[C@@H](NC(=O)[C@@H](Cc1ccccc1)NC(=O)[C@H](N)Cc1ccccc1)C(=O)N[C@H](CCCNC(=N)N)C(=O)N1CCCCCC1. The van der Waals surface area contributed by atoms with E-state index in [-0.39, 0.29) is 24.2 Å². The van der Waals surface area contributed by atoms with Crippen LogP contribution in [0.1, 0.15) is 69.9 Å². The topological polar surface area (TPSA) is 196 Å². The molecule has 48 heavy (non-hydrogen) atoms.